The van der Waals surface area contributed by atoms with Crippen LogP contribution >= 0.6 is 0 Å². The van der Waals surface area contributed by atoms with Gasteiger partial charge in [0.25, 0.3) is 0 Å². The molecule has 0 spiro atoms. The fourth-order valence-corrected chi connectivity index (χ4v) is 9.47. The lowest BCUT2D eigenvalue weighted by Gasteiger charge is -2.64. The van der Waals surface area contributed by atoms with Gasteiger partial charge in [0.1, 0.15) is 23.1 Å². The number of Topliss-reactive ketones (excluding diaryl/α,β-unsaturated/α-hetero) is 2. The molecule has 0 aromatic carbocycles. The van der Waals surface area contributed by atoms with Crippen molar-refractivity contribution in [3.05, 3.63) is 23.8 Å². The molecule has 4 rings (SSSR count). The van der Waals surface area contributed by atoms with Crippen molar-refractivity contribution in [2.24, 2.45) is 39.4 Å². The van der Waals surface area contributed by atoms with E-state index in [0.717, 1.165) is 11.6 Å². The van der Waals surface area contributed by atoms with Crippen LogP contribution in [0.15, 0.2) is 23.8 Å². The van der Waals surface area contributed by atoms with Gasteiger partial charge in [-0.15, -0.1) is 0 Å². The smallest absolute Gasteiger partial charge is 0.303 e. The van der Waals surface area contributed by atoms with Crippen LogP contribution in [0.25, 0.3) is 0 Å². The highest BCUT2D eigenvalue weighted by atomic mass is 16.6. The number of carbonyl (C=O) groups is 4. The molecule has 3 fully saturated rings. The summed E-state index contributed by atoms with van der Waals surface area (Å²) in [7, 11) is 0. The van der Waals surface area contributed by atoms with Crippen molar-refractivity contribution in [2.45, 2.75) is 104 Å². The molecule has 3 saturated carbocycles. The summed E-state index contributed by atoms with van der Waals surface area (Å²) >= 11 is 0. The highest BCUT2D eigenvalue weighted by Crippen LogP contribution is 2.74. The molecule has 0 aliphatic heterocycles. The molecule has 0 amide bonds. The van der Waals surface area contributed by atoms with Gasteiger partial charge in [0.2, 0.25) is 0 Å². The minimum atomic E-state index is -2.06. The second kappa shape index (κ2) is 9.66. The van der Waals surface area contributed by atoms with Gasteiger partial charge in [-0.25, -0.2) is 0 Å². The Labute approximate surface area is 242 Å². The third-order valence-electron chi connectivity index (χ3n) is 11.5. The molecule has 0 bridgehead atoms. The first-order chi connectivity index (χ1) is 18.6. The zero-order valence-corrected chi connectivity index (χ0v) is 25.5. The number of fused-ring (bicyclic) bond motifs is 5. The Balaban J connectivity index is 1.78. The quantitative estimate of drug-likeness (QED) is 0.212. The summed E-state index contributed by atoms with van der Waals surface area (Å²) in [6, 6.07) is 0. The van der Waals surface area contributed by atoms with Crippen LogP contribution in [0.1, 0.15) is 81.1 Å². The average molecular weight is 575 g/mol. The van der Waals surface area contributed by atoms with E-state index in [1.807, 2.05) is 19.9 Å². The van der Waals surface area contributed by atoms with Gasteiger partial charge < -0.3 is 25.2 Å². The number of carbonyl (C=O) groups excluding carboxylic acids is 4. The molecular formula is C32H46O9. The Morgan fingerprint density at radius 2 is 1.71 bits per heavy atom. The highest BCUT2D eigenvalue weighted by molar-refractivity contribution is 5.98. The lowest BCUT2D eigenvalue weighted by molar-refractivity contribution is -0.192. The van der Waals surface area contributed by atoms with E-state index in [2.05, 4.69) is 0 Å². The van der Waals surface area contributed by atoms with Crippen LogP contribution < -0.4 is 0 Å². The number of aliphatic hydroxyl groups is 4. The Morgan fingerprint density at radius 3 is 2.27 bits per heavy atom. The van der Waals surface area contributed by atoms with Crippen LogP contribution in [-0.2, 0) is 23.9 Å². The lowest BCUT2D eigenvalue weighted by atomic mass is 9.38. The Morgan fingerprint density at radius 1 is 1.10 bits per heavy atom. The van der Waals surface area contributed by atoms with Gasteiger partial charge in [0, 0.05) is 24.7 Å². The first kappa shape index (κ1) is 31.7. The highest BCUT2D eigenvalue weighted by Gasteiger charge is 2.75. The van der Waals surface area contributed by atoms with Gasteiger partial charge in [-0.1, -0.05) is 25.5 Å². The zero-order chi connectivity index (χ0) is 31.1. The van der Waals surface area contributed by atoms with E-state index in [1.165, 1.54) is 19.9 Å². The predicted octanol–water partition coefficient (Wildman–Crippen LogP) is 2.47. The number of hydrogen-bond donors (Lipinski definition) is 4. The van der Waals surface area contributed by atoms with Crippen molar-refractivity contribution >= 4 is 23.3 Å². The molecule has 9 atom stereocenters. The number of ether oxygens (including phenoxy) is 1. The van der Waals surface area contributed by atoms with Crippen LogP contribution in [0.4, 0.5) is 0 Å². The van der Waals surface area contributed by atoms with E-state index in [9.17, 15) is 39.6 Å². The van der Waals surface area contributed by atoms with E-state index < -0.39 is 81.2 Å². The summed E-state index contributed by atoms with van der Waals surface area (Å²) in [6.45, 7) is 12.6. The van der Waals surface area contributed by atoms with Gasteiger partial charge >= 0.3 is 5.97 Å². The number of allylic oxidation sites excluding steroid dienone is 2. The molecule has 4 aliphatic rings. The van der Waals surface area contributed by atoms with Crippen LogP contribution in [0.2, 0.25) is 0 Å². The molecule has 4 aliphatic carbocycles. The molecule has 9 nitrogen and oxygen atoms in total. The molecule has 9 heteroatoms. The summed E-state index contributed by atoms with van der Waals surface area (Å²) in [5.74, 6) is -3.76. The van der Waals surface area contributed by atoms with Crippen LogP contribution in [0, 0.1) is 39.4 Å². The predicted molar refractivity (Wildman–Crippen MR) is 149 cm³/mol. The van der Waals surface area contributed by atoms with E-state index in [1.54, 1.807) is 27.7 Å². The second-order valence-electron chi connectivity index (χ2n) is 14.7. The van der Waals surface area contributed by atoms with Gasteiger partial charge in [-0.2, -0.15) is 0 Å². The Hall–Kier alpha value is -2.20. The first-order valence-corrected chi connectivity index (χ1v) is 14.5. The van der Waals surface area contributed by atoms with E-state index in [4.69, 9.17) is 4.74 Å². The van der Waals surface area contributed by atoms with Crippen molar-refractivity contribution < 1.29 is 44.3 Å². The minimum Gasteiger partial charge on any atom is -0.456 e. The monoisotopic (exact) mass is 574 g/mol. The summed E-state index contributed by atoms with van der Waals surface area (Å²) in [5, 5.41) is 45.0. The SMILES string of the molecule is CC(=O)OC(C)(C)/C=C\C(=O)[C@](C)(O)[C@@H]1[C@H](O)C[C@]2(C)[C@@H]3CC=C4[C@H](C[C@H](O)C(=O)C4(C)C)[C@]3(CO)C(=O)C[C@]12C. The van der Waals surface area contributed by atoms with Gasteiger partial charge in [-0.05, 0) is 88.7 Å². The molecule has 0 heterocycles. The third kappa shape index (κ3) is 4.33. The summed E-state index contributed by atoms with van der Waals surface area (Å²) < 4.78 is 5.22. The fraction of sp³-hybridized carbons (Fsp3) is 0.750. The zero-order valence-electron chi connectivity index (χ0n) is 25.5. The van der Waals surface area contributed by atoms with E-state index >= 15 is 0 Å². The molecular weight excluding hydrogens is 528 g/mol. The number of hydrogen-bond acceptors (Lipinski definition) is 9. The molecule has 0 aromatic rings. The van der Waals surface area contributed by atoms with Gasteiger partial charge in [-0.3, -0.25) is 19.2 Å². The van der Waals surface area contributed by atoms with E-state index in [-0.39, 0.29) is 30.8 Å². The van der Waals surface area contributed by atoms with Crippen molar-refractivity contribution in [1.82, 2.24) is 0 Å². The summed E-state index contributed by atoms with van der Waals surface area (Å²) in [6.07, 6.45) is 2.66. The number of aliphatic hydroxyl groups excluding tert-OH is 3. The molecule has 4 N–H and O–H groups in total. The molecule has 41 heavy (non-hydrogen) atoms. The number of ketones is 3. The van der Waals surface area contributed by atoms with Crippen LogP contribution in [0.5, 0.6) is 0 Å². The van der Waals surface area contributed by atoms with Crippen molar-refractivity contribution in [3.63, 3.8) is 0 Å². The summed E-state index contributed by atoms with van der Waals surface area (Å²) in [5.41, 5.74) is -6.45. The van der Waals surface area contributed by atoms with Crippen LogP contribution in [0.3, 0.4) is 0 Å². The minimum absolute atomic E-state index is 0.0365. The van der Waals surface area contributed by atoms with Crippen molar-refractivity contribution in [3.8, 4) is 0 Å². The van der Waals surface area contributed by atoms with Gasteiger partial charge in [0.05, 0.1) is 18.1 Å². The first-order valence-electron chi connectivity index (χ1n) is 14.5. The average Bonchev–Trinajstić information content (AvgIpc) is 3.05. The van der Waals surface area contributed by atoms with Crippen molar-refractivity contribution in [2.75, 3.05) is 6.61 Å². The lowest BCUT2D eigenvalue weighted by Crippen LogP contribution is -2.67. The van der Waals surface area contributed by atoms with Crippen molar-refractivity contribution in [1.29, 1.82) is 0 Å². The Bertz CT molecular complexity index is 1230. The topological polar surface area (TPSA) is 158 Å². The Kier molecular flexibility index (Phi) is 7.47. The summed E-state index contributed by atoms with van der Waals surface area (Å²) in [4.78, 5) is 52.2. The molecule has 0 saturated heterocycles. The molecule has 0 aromatic heterocycles. The normalized spacial score (nSPS) is 41.7. The van der Waals surface area contributed by atoms with Crippen LogP contribution in [-0.4, -0.2) is 73.8 Å². The largest absolute Gasteiger partial charge is 0.456 e. The third-order valence-corrected chi connectivity index (χ3v) is 11.5. The fourth-order valence-electron chi connectivity index (χ4n) is 9.47. The molecule has 228 valence electrons. The maximum atomic E-state index is 14.4. The van der Waals surface area contributed by atoms with Gasteiger partial charge in [0.15, 0.2) is 11.6 Å². The molecule has 0 radical (unpaired) electrons. The standard InChI is InChI=1S/C32H46O9/c1-17(34)41-27(2,3)12-11-23(37)31(8,40)25-21(36)14-29(6)22-10-9-18-19(13-20(35)26(39)28(18,4)5)32(22,16-33)24(38)15-30(25,29)7/h9,11-12,19-22,25,33,35-36,40H,10,13-16H2,1-8H3/b12-11-/t19-,20-,21+,22-,25+,29+,30+,31-,32-/m0/s1. The second-order valence-corrected chi connectivity index (χ2v) is 14.7. The maximum absolute atomic E-state index is 14.4. The van der Waals surface area contributed by atoms with E-state index in [0.29, 0.717) is 6.42 Å². The maximum Gasteiger partial charge on any atom is 0.303 e. The number of rotatable bonds is 6. The number of esters is 1. The molecule has 0 unspecified atom stereocenters.